The van der Waals surface area contributed by atoms with Crippen molar-refractivity contribution in [1.29, 1.82) is 0 Å². The number of hydrazone groups is 1. The molecule has 6 nitrogen and oxygen atoms in total. The average molecular weight is 433 g/mol. The summed E-state index contributed by atoms with van der Waals surface area (Å²) in [6.45, 7) is 7.04. The molecule has 3 heterocycles. The van der Waals surface area contributed by atoms with Gasteiger partial charge in [-0.05, 0) is 44.0 Å². The van der Waals surface area contributed by atoms with Gasteiger partial charge in [-0.2, -0.15) is 5.10 Å². The van der Waals surface area contributed by atoms with Crippen LogP contribution < -0.4 is 0 Å². The van der Waals surface area contributed by atoms with Gasteiger partial charge in [0, 0.05) is 11.6 Å². The molecule has 2 aromatic carbocycles. The maximum absolute atomic E-state index is 14.1. The number of nitrogens with one attached hydrogen (secondary N) is 1. The molecule has 1 N–H and O–H groups in total. The number of benzene rings is 2. The summed E-state index contributed by atoms with van der Waals surface area (Å²) >= 11 is 0. The second-order valence-electron chi connectivity index (χ2n) is 8.07. The van der Waals surface area contributed by atoms with Gasteiger partial charge in [0.25, 0.3) is 0 Å². The molecular weight excluding hydrogens is 412 g/mol. The Labute approximate surface area is 183 Å². The molecule has 4 aromatic rings. The fourth-order valence-corrected chi connectivity index (χ4v) is 4.19. The number of halogens is 2. The zero-order valence-electron chi connectivity index (χ0n) is 17.9. The average Bonchev–Trinajstić information content (AvgIpc) is 3.36. The van der Waals surface area contributed by atoms with Crippen LogP contribution in [0, 0.1) is 32.4 Å². The second kappa shape index (κ2) is 7.71. The number of fused-ring (bicyclic) bond motifs is 1. The summed E-state index contributed by atoms with van der Waals surface area (Å²) in [6.07, 6.45) is 1.60. The van der Waals surface area contributed by atoms with E-state index in [0.29, 0.717) is 24.5 Å². The van der Waals surface area contributed by atoms with Crippen molar-refractivity contribution in [3.8, 4) is 22.6 Å². The van der Waals surface area contributed by atoms with Crippen molar-refractivity contribution in [2.45, 2.75) is 33.9 Å². The summed E-state index contributed by atoms with van der Waals surface area (Å²) < 4.78 is 33.3. The van der Waals surface area contributed by atoms with Crippen molar-refractivity contribution in [3.05, 3.63) is 81.9 Å². The fourth-order valence-electron chi connectivity index (χ4n) is 4.19. The zero-order chi connectivity index (χ0) is 22.4. The first kappa shape index (κ1) is 20.1. The van der Waals surface area contributed by atoms with Crippen LogP contribution >= 0.6 is 0 Å². The Morgan fingerprint density at radius 3 is 2.66 bits per heavy atom. The molecule has 0 radical (unpaired) electrons. The zero-order valence-corrected chi connectivity index (χ0v) is 17.9. The van der Waals surface area contributed by atoms with E-state index in [1.807, 2.05) is 6.07 Å². The number of aryl methyl sites for hydroxylation is 3. The molecule has 32 heavy (non-hydrogen) atoms. The first-order valence-electron chi connectivity index (χ1n) is 10.2. The number of hydrogen-bond acceptors (Lipinski definition) is 5. The van der Waals surface area contributed by atoms with E-state index in [9.17, 15) is 8.78 Å². The number of aromatic amines is 1. The summed E-state index contributed by atoms with van der Waals surface area (Å²) in [6, 6.07) is 10.2. The highest BCUT2D eigenvalue weighted by molar-refractivity contribution is 5.80. The molecule has 0 fully saturated rings. The molecule has 0 unspecified atom stereocenters. The number of hydrogen-bond donors (Lipinski definition) is 1. The van der Waals surface area contributed by atoms with Crippen LogP contribution in [0.3, 0.4) is 0 Å². The van der Waals surface area contributed by atoms with E-state index >= 15 is 0 Å². The van der Waals surface area contributed by atoms with Crippen molar-refractivity contribution in [2.24, 2.45) is 5.10 Å². The molecule has 1 aliphatic heterocycles. The summed E-state index contributed by atoms with van der Waals surface area (Å²) in [4.78, 5) is 7.45. The summed E-state index contributed by atoms with van der Waals surface area (Å²) in [5.74, 6) is -0.890. The van der Waals surface area contributed by atoms with Gasteiger partial charge in [-0.1, -0.05) is 28.9 Å². The first-order valence-corrected chi connectivity index (χ1v) is 10.2. The third-order valence-corrected chi connectivity index (χ3v) is 5.53. The lowest BCUT2D eigenvalue weighted by molar-refractivity contribution is 0.229. The van der Waals surface area contributed by atoms with Gasteiger partial charge in [-0.3, -0.25) is 5.01 Å². The highest BCUT2D eigenvalue weighted by atomic mass is 19.2. The van der Waals surface area contributed by atoms with Crippen LogP contribution in [0.15, 0.2) is 46.0 Å². The first-order chi connectivity index (χ1) is 15.4. The quantitative estimate of drug-likeness (QED) is 0.475. The van der Waals surface area contributed by atoms with Crippen LogP contribution in [0.2, 0.25) is 0 Å². The van der Waals surface area contributed by atoms with Gasteiger partial charge in [0.1, 0.15) is 17.2 Å². The molecule has 1 aliphatic rings. The van der Waals surface area contributed by atoms with E-state index in [-0.39, 0.29) is 11.4 Å². The predicted molar refractivity (Wildman–Crippen MR) is 117 cm³/mol. The third-order valence-electron chi connectivity index (χ3n) is 5.53. The largest absolute Gasteiger partial charge is 0.359 e. The van der Waals surface area contributed by atoms with E-state index in [4.69, 9.17) is 4.52 Å². The van der Waals surface area contributed by atoms with Crippen LogP contribution in [-0.2, 0) is 13.1 Å². The van der Waals surface area contributed by atoms with Gasteiger partial charge >= 0.3 is 0 Å². The van der Waals surface area contributed by atoms with Crippen molar-refractivity contribution in [2.75, 3.05) is 0 Å². The molecule has 0 aliphatic carbocycles. The molecule has 0 amide bonds. The molecular formula is C24H21F2N5O. The standard InChI is InChI=1S/C24H21F2N5O/c1-13-7-14(2)22(15(3)8-13)19-9-16(32-30-19)11-31-12-21-20(10-27-31)28-24(29-21)17-5-4-6-18(25)23(17)26/h4-10H,11-12H2,1-3H3,(H,28,29). The van der Waals surface area contributed by atoms with Gasteiger partial charge in [0.05, 0.1) is 30.6 Å². The Morgan fingerprint density at radius 1 is 1.09 bits per heavy atom. The van der Waals surface area contributed by atoms with Gasteiger partial charge in [-0.15, -0.1) is 0 Å². The summed E-state index contributed by atoms with van der Waals surface area (Å²) in [5.41, 5.74) is 6.83. The smallest absolute Gasteiger partial charge is 0.169 e. The third kappa shape index (κ3) is 3.57. The van der Waals surface area contributed by atoms with Crippen LogP contribution in [0.25, 0.3) is 22.6 Å². The monoisotopic (exact) mass is 433 g/mol. The minimum atomic E-state index is -0.928. The lowest BCUT2D eigenvalue weighted by atomic mass is 9.97. The SMILES string of the molecule is Cc1cc(C)c(-c2cc(CN3Cc4[nH]c(-c5cccc(F)c5F)nc4C=N3)on2)c(C)c1. The summed E-state index contributed by atoms with van der Waals surface area (Å²) in [5, 5.41) is 10.5. The van der Waals surface area contributed by atoms with Crippen LogP contribution in [0.1, 0.15) is 33.8 Å². The van der Waals surface area contributed by atoms with Crippen LogP contribution in [0.5, 0.6) is 0 Å². The number of nitrogens with zero attached hydrogens (tertiary/aromatic N) is 4. The van der Waals surface area contributed by atoms with Crippen LogP contribution in [-0.4, -0.2) is 26.3 Å². The van der Waals surface area contributed by atoms with E-state index < -0.39 is 11.6 Å². The lowest BCUT2D eigenvalue weighted by Gasteiger charge is -2.19. The van der Waals surface area contributed by atoms with Crippen molar-refractivity contribution in [3.63, 3.8) is 0 Å². The lowest BCUT2D eigenvalue weighted by Crippen LogP contribution is -2.21. The molecule has 2 aromatic heterocycles. The van der Waals surface area contributed by atoms with Gasteiger partial charge in [0.15, 0.2) is 17.4 Å². The van der Waals surface area contributed by atoms with E-state index in [1.165, 1.54) is 17.7 Å². The normalized spacial score (nSPS) is 13.0. The van der Waals surface area contributed by atoms with E-state index in [0.717, 1.165) is 34.1 Å². The maximum atomic E-state index is 14.1. The summed E-state index contributed by atoms with van der Waals surface area (Å²) in [7, 11) is 0. The molecule has 0 saturated heterocycles. The molecule has 0 bridgehead atoms. The van der Waals surface area contributed by atoms with Crippen molar-refractivity contribution < 1.29 is 13.3 Å². The maximum Gasteiger partial charge on any atom is 0.169 e. The number of imidazole rings is 1. The number of H-pyrrole nitrogens is 1. The Balaban J connectivity index is 1.35. The Morgan fingerprint density at radius 2 is 1.88 bits per heavy atom. The fraction of sp³-hybridized carbons (Fsp3) is 0.208. The van der Waals surface area contributed by atoms with Gasteiger partial charge < -0.3 is 9.51 Å². The molecule has 0 saturated carbocycles. The Bertz CT molecular complexity index is 1330. The highest BCUT2D eigenvalue weighted by Gasteiger charge is 2.21. The molecule has 8 heteroatoms. The Hall–Kier alpha value is -3.81. The van der Waals surface area contributed by atoms with E-state index in [2.05, 4.69) is 53.1 Å². The predicted octanol–water partition coefficient (Wildman–Crippen LogP) is 5.28. The molecule has 5 rings (SSSR count). The minimum Gasteiger partial charge on any atom is -0.359 e. The second-order valence-corrected chi connectivity index (χ2v) is 8.07. The molecule has 0 atom stereocenters. The van der Waals surface area contributed by atoms with Crippen molar-refractivity contribution >= 4 is 6.21 Å². The van der Waals surface area contributed by atoms with Gasteiger partial charge in [-0.25, -0.2) is 13.8 Å². The number of rotatable bonds is 4. The number of aromatic nitrogens is 3. The van der Waals surface area contributed by atoms with Gasteiger partial charge in [0.2, 0.25) is 0 Å². The highest BCUT2D eigenvalue weighted by Crippen LogP contribution is 2.29. The molecule has 162 valence electrons. The van der Waals surface area contributed by atoms with E-state index in [1.54, 1.807) is 11.2 Å². The molecule has 0 spiro atoms. The van der Waals surface area contributed by atoms with Crippen molar-refractivity contribution in [1.82, 2.24) is 20.1 Å². The topological polar surface area (TPSA) is 70.3 Å². The minimum absolute atomic E-state index is 0.0862. The Kier molecular flexibility index (Phi) is 4.84. The van der Waals surface area contributed by atoms with Crippen LogP contribution in [0.4, 0.5) is 8.78 Å².